The van der Waals surface area contributed by atoms with Crippen LogP contribution in [-0.2, 0) is 51.0 Å². The van der Waals surface area contributed by atoms with E-state index in [2.05, 4.69) is 70.7 Å². The predicted molar refractivity (Wildman–Crippen MR) is 452 cm³/mol. The van der Waals surface area contributed by atoms with Gasteiger partial charge in [-0.25, -0.2) is 4.79 Å². The van der Waals surface area contributed by atoms with E-state index in [-0.39, 0.29) is 87.6 Å². The zero-order valence-corrected chi connectivity index (χ0v) is 73.5. The van der Waals surface area contributed by atoms with Crippen LogP contribution in [0.5, 0.6) is 46.0 Å². The smallest absolute Gasteiger partial charge is 1.00 e. The number of halogens is 7. The average molecular weight is 1840 g/mol. The Kier molecular flexibility index (Phi) is 42.2. The Hall–Kier alpha value is -9.33. The molecule has 12 aromatic rings. The number of hydrogen-bond donors (Lipinski definition) is 6. The van der Waals surface area contributed by atoms with Gasteiger partial charge in [-0.2, -0.15) is 26.3 Å². The van der Waals surface area contributed by atoms with Crippen LogP contribution in [0, 0.1) is 3.57 Å². The zero-order chi connectivity index (χ0) is 85.2. The number of rotatable bonds is 32. The number of carboxylic acids is 1. The molecule has 0 aliphatic heterocycles. The van der Waals surface area contributed by atoms with Gasteiger partial charge in [-0.15, -0.1) is 45.3 Å². The molecule has 8 heterocycles. The first-order chi connectivity index (χ1) is 56.2. The van der Waals surface area contributed by atoms with E-state index in [1.54, 1.807) is 70.3 Å². The number of nitrogens with one attached hydrogen (secondary N) is 4. The molecule has 0 bridgehead atoms. The maximum atomic E-state index is 14.4. The molecule has 627 valence electrons. The van der Waals surface area contributed by atoms with Crippen molar-refractivity contribution >= 4 is 152 Å². The van der Waals surface area contributed by atoms with Crippen LogP contribution >= 0.6 is 67.9 Å². The quantitative estimate of drug-likeness (QED) is 0.00987. The number of pyridine rings is 4. The van der Waals surface area contributed by atoms with Crippen LogP contribution in [0.1, 0.15) is 90.9 Å². The van der Waals surface area contributed by atoms with Crippen LogP contribution in [0.15, 0.2) is 171 Å². The normalized spacial score (nSPS) is 10.9. The van der Waals surface area contributed by atoms with Crippen LogP contribution in [0.3, 0.4) is 0 Å². The summed E-state index contributed by atoms with van der Waals surface area (Å²) in [7, 11) is 7.24. The number of carbonyl (C=O) groups excluding carboxylic acids is 5. The van der Waals surface area contributed by atoms with Gasteiger partial charge in [0.2, 0.25) is 5.78 Å². The minimum Gasteiger partial charge on any atom is -1.00 e. The van der Waals surface area contributed by atoms with Crippen LogP contribution in [-0.4, -0.2) is 175 Å². The van der Waals surface area contributed by atoms with Gasteiger partial charge < -0.3 is 75.5 Å². The summed E-state index contributed by atoms with van der Waals surface area (Å²) in [6.07, 6.45) is 13.8. The third-order valence-electron chi connectivity index (χ3n) is 15.7. The Morgan fingerprint density at radius 1 is 0.412 bits per heavy atom. The number of ketones is 1. The summed E-state index contributed by atoms with van der Waals surface area (Å²) in [5, 5.41) is 28.8. The Bertz CT molecular complexity index is 5080. The molecular formula is C81H84BF6IN8NaO17S4. The molecule has 119 heavy (non-hydrogen) atoms. The Balaban J connectivity index is 0.000000322. The molecule has 0 aliphatic rings. The first kappa shape index (κ1) is 100. The molecule has 0 unspecified atom stereocenters. The van der Waals surface area contributed by atoms with Crippen LogP contribution < -0.4 is 69.8 Å². The summed E-state index contributed by atoms with van der Waals surface area (Å²) >= 11 is 7.46. The van der Waals surface area contributed by atoms with E-state index in [4.69, 9.17) is 52.8 Å². The topological polar surface area (TPSA) is 326 Å². The van der Waals surface area contributed by atoms with Crippen molar-refractivity contribution in [2.24, 2.45) is 0 Å². The fourth-order valence-corrected chi connectivity index (χ4v) is 14.2. The number of Topliss-reactive ketones (excluding diaryl/α,β-unsaturated/α-hetero) is 1. The van der Waals surface area contributed by atoms with E-state index in [9.17, 15) is 55.1 Å². The number of aromatic nitrogens is 4. The van der Waals surface area contributed by atoms with Crippen LogP contribution in [0.2, 0.25) is 0 Å². The van der Waals surface area contributed by atoms with Crippen molar-refractivity contribution in [3.63, 3.8) is 0 Å². The van der Waals surface area contributed by atoms with Crippen molar-refractivity contribution < 1.29 is 139 Å². The summed E-state index contributed by atoms with van der Waals surface area (Å²) < 4.78 is 136. The van der Waals surface area contributed by atoms with Crippen molar-refractivity contribution in [2.75, 3.05) is 101 Å². The third kappa shape index (κ3) is 29.2. The molecule has 12 rings (SSSR count). The first-order valence-electron chi connectivity index (χ1n) is 35.6. The molecule has 0 spiro atoms. The number of benzene rings is 4. The van der Waals surface area contributed by atoms with Gasteiger partial charge in [0.1, 0.15) is 29.6 Å². The van der Waals surface area contributed by atoms with Crippen molar-refractivity contribution in [1.82, 2.24) is 41.2 Å². The maximum absolute atomic E-state index is 14.4. The molecule has 0 fully saturated rings. The number of aliphatic carboxylic acids is 1. The van der Waals surface area contributed by atoms with Crippen LogP contribution in [0.25, 0.3) is 40.3 Å². The number of alkyl halides is 6. The van der Waals surface area contributed by atoms with E-state index < -0.39 is 47.3 Å². The number of carbonyl (C=O) groups is 6. The zero-order valence-electron chi connectivity index (χ0n) is 67.1. The number of fused-ring (bicyclic) bond motifs is 4. The molecule has 0 saturated carbocycles. The van der Waals surface area contributed by atoms with Gasteiger partial charge in [0.15, 0.2) is 23.0 Å². The van der Waals surface area contributed by atoms with E-state index in [1.165, 1.54) is 120 Å². The molecule has 0 aliphatic carbocycles. The second-order valence-electron chi connectivity index (χ2n) is 23.8. The molecule has 0 atom stereocenters. The fourth-order valence-electron chi connectivity index (χ4n) is 9.85. The Morgan fingerprint density at radius 3 is 0.958 bits per heavy atom. The average Bonchev–Trinajstić information content (AvgIpc) is 1.65. The maximum Gasteiger partial charge on any atom is 1.00 e. The van der Waals surface area contributed by atoms with Crippen molar-refractivity contribution in [2.45, 2.75) is 51.9 Å². The number of carboxylic acid groups (broad SMARTS) is 1. The monoisotopic (exact) mass is 1840 g/mol. The summed E-state index contributed by atoms with van der Waals surface area (Å²) in [5.41, 5.74) is -1.22. The molecule has 6 N–H and O–H groups in total. The van der Waals surface area contributed by atoms with Gasteiger partial charge >= 0.3 is 47.4 Å². The Labute approximate surface area is 736 Å². The molecule has 4 amide bonds. The molecule has 8 aromatic heterocycles. The predicted octanol–water partition coefficient (Wildman–Crippen LogP) is 14.2. The summed E-state index contributed by atoms with van der Waals surface area (Å²) in [6, 6.07) is 29.7. The molecule has 0 saturated heterocycles. The number of aliphatic hydroxyl groups excluding tert-OH is 1. The minimum absolute atomic E-state index is 0. The van der Waals surface area contributed by atoms with Gasteiger partial charge in [0, 0.05) is 137 Å². The second-order valence-corrected chi connectivity index (χ2v) is 29.4. The number of aliphatic hydroxyl groups is 1. The van der Waals surface area contributed by atoms with E-state index in [1.807, 2.05) is 44.2 Å². The molecule has 25 nitrogen and oxygen atoms in total. The standard InChI is InChI=1S/C23H26F2N2O5S.C18H14F2N2O3S.C17H12F2N2O4S.C15H11IN2O2S.C7H16O2.CH4O.B.Na.H/c1-3-29-8-9-30-10-11-31-15-23(24,25)16-4-6-17(7-5-16)32-19-13-27-14-21-18(19)12-20(33-21)22(28)26-2;1-10(23)18(19,20)11-3-5-12(6-4-11)25-14-8-22-9-16-13(14)7-15(26-16)17(24)21-2;1-20-15(22)13-6-11-12(7-21-8-14(11)26-13)25-10-4-2-9(3-5-10)17(18,19)16(23)24;1-17-15(19)13-6-11-12(7-18-8-14(11)21-13)20-10-4-2-9(16)3-5-10;1-3-5-9-7-6-8-4-2;1-2;;;/h4-7,12-14H,3,8-11,15H2,1-2H3,(H,26,28);3-9H,1-2H3,(H,21,24);2-8H,1H3,(H,20,22)(H,23,24);2-8H,1H3,(H,17,19);3-7H2,1-2H3;2H,1H3;;;/q;;;;;;;+1;-1. The number of thiophene rings is 4. The minimum atomic E-state index is -3.98. The van der Waals surface area contributed by atoms with Crippen molar-refractivity contribution in [3.05, 3.63) is 211 Å². The summed E-state index contributed by atoms with van der Waals surface area (Å²) in [5.74, 6) is -11.3. The largest absolute Gasteiger partial charge is 1.00 e. The number of nitrogens with zero attached hydrogens (tertiary/aromatic N) is 4. The van der Waals surface area contributed by atoms with Gasteiger partial charge in [-0.05, 0) is 164 Å². The van der Waals surface area contributed by atoms with Crippen molar-refractivity contribution in [1.29, 1.82) is 0 Å². The number of hydrogen-bond acceptors (Lipinski definition) is 24. The first-order valence-corrected chi connectivity index (χ1v) is 39.9. The van der Waals surface area contributed by atoms with Gasteiger partial charge in [-0.3, -0.25) is 43.9 Å². The van der Waals surface area contributed by atoms with Crippen molar-refractivity contribution in [3.8, 4) is 46.0 Å². The SMILES string of the molecule is CCCOCCOCC.CCOCCOCCOCC(F)(F)c1ccc(Oc2cncc3sc(C(=O)NC)cc23)cc1.CNC(=O)c1cc2c(Oc3ccc(C(F)(F)C(=O)O)cc3)cncc2s1.CNC(=O)c1cc2c(Oc3ccc(C(F)(F)C(C)=O)cc3)cncc2s1.CNC(=O)c1cc2c(Oc3ccc(I)cc3)cncc2s1.CO.[B].[H-].[Na+]. The van der Waals surface area contributed by atoms with Gasteiger partial charge in [0.25, 0.3) is 29.6 Å². The fraction of sp³-hybridized carbons (Fsp3) is 0.284. The number of ether oxygens (including phenoxy) is 9. The molecule has 3 radical (unpaired) electrons. The third-order valence-corrected chi connectivity index (χ3v) is 20.7. The Morgan fingerprint density at radius 2 is 0.681 bits per heavy atom. The van der Waals surface area contributed by atoms with Gasteiger partial charge in [0.05, 0.1) is 103 Å². The summed E-state index contributed by atoms with van der Waals surface area (Å²) in [6.45, 7) is 10.9. The molecule has 38 heteroatoms. The van der Waals surface area contributed by atoms with E-state index in [0.29, 0.717) is 84.6 Å². The second kappa shape index (κ2) is 50.0. The van der Waals surface area contributed by atoms with Crippen LogP contribution in [0.4, 0.5) is 26.3 Å². The van der Waals surface area contributed by atoms with Gasteiger partial charge in [-0.1, -0.05) is 6.92 Å². The number of amides is 4. The molecular weight excluding hydrogens is 1760 g/mol. The van der Waals surface area contributed by atoms with E-state index >= 15 is 0 Å². The van der Waals surface area contributed by atoms with E-state index in [0.717, 1.165) is 110 Å². The summed E-state index contributed by atoms with van der Waals surface area (Å²) in [4.78, 5) is 87.4. The molecule has 4 aromatic carbocycles.